The number of hydrogen-bond donors (Lipinski definition) is 1. The number of hydrogen-bond acceptors (Lipinski definition) is 4. The van der Waals surface area contributed by atoms with E-state index >= 15 is 0 Å². The smallest absolute Gasteiger partial charge is 0.226 e. The van der Waals surface area contributed by atoms with Crippen LogP contribution in [0.4, 0.5) is 0 Å². The molecule has 21 heavy (non-hydrogen) atoms. The summed E-state index contributed by atoms with van der Waals surface area (Å²) < 4.78 is 17.0. The van der Waals surface area contributed by atoms with Crippen LogP contribution in [0.5, 0.6) is 11.5 Å². The molecule has 1 heterocycles. The molecule has 0 aliphatic carbocycles. The lowest BCUT2D eigenvalue weighted by molar-refractivity contribution is -0.0575. The van der Waals surface area contributed by atoms with Gasteiger partial charge in [0.25, 0.3) is 0 Å². The number of fused-ring (bicyclic) bond motifs is 1. The van der Waals surface area contributed by atoms with E-state index in [9.17, 15) is 5.11 Å². The van der Waals surface area contributed by atoms with Gasteiger partial charge in [-0.05, 0) is 30.2 Å². The molecular weight excluding hydrogens is 268 g/mol. The summed E-state index contributed by atoms with van der Waals surface area (Å²) in [4.78, 5) is 0. The van der Waals surface area contributed by atoms with Gasteiger partial charge in [0.05, 0.1) is 13.2 Å². The van der Waals surface area contributed by atoms with Gasteiger partial charge < -0.3 is 19.3 Å². The fourth-order valence-electron chi connectivity index (χ4n) is 2.54. The minimum absolute atomic E-state index is 0.191. The SMILES string of the molecule is COC(Oc1c(C)ccc2c1COC2)c1cccc(O)c1. The summed E-state index contributed by atoms with van der Waals surface area (Å²) in [5.41, 5.74) is 4.05. The number of ether oxygens (including phenoxy) is 3. The van der Waals surface area contributed by atoms with Gasteiger partial charge in [0.15, 0.2) is 0 Å². The van der Waals surface area contributed by atoms with E-state index in [4.69, 9.17) is 14.2 Å². The largest absolute Gasteiger partial charge is 0.508 e. The molecule has 1 atom stereocenters. The molecule has 0 amide bonds. The lowest BCUT2D eigenvalue weighted by atomic mass is 10.1. The highest BCUT2D eigenvalue weighted by Crippen LogP contribution is 2.35. The maximum absolute atomic E-state index is 9.60. The first-order valence-corrected chi connectivity index (χ1v) is 6.86. The van der Waals surface area contributed by atoms with Gasteiger partial charge in [0.1, 0.15) is 11.5 Å². The maximum Gasteiger partial charge on any atom is 0.226 e. The van der Waals surface area contributed by atoms with Crippen molar-refractivity contribution < 1.29 is 19.3 Å². The van der Waals surface area contributed by atoms with E-state index in [-0.39, 0.29) is 5.75 Å². The van der Waals surface area contributed by atoms with Crippen LogP contribution in [0, 0.1) is 6.92 Å². The van der Waals surface area contributed by atoms with Gasteiger partial charge in [-0.1, -0.05) is 24.3 Å². The van der Waals surface area contributed by atoms with E-state index in [1.165, 1.54) is 0 Å². The Kier molecular flexibility index (Phi) is 3.82. The maximum atomic E-state index is 9.60. The monoisotopic (exact) mass is 286 g/mol. The molecule has 0 bridgehead atoms. The van der Waals surface area contributed by atoms with Gasteiger partial charge in [-0.2, -0.15) is 0 Å². The number of benzene rings is 2. The number of rotatable bonds is 4. The van der Waals surface area contributed by atoms with Crippen molar-refractivity contribution in [3.63, 3.8) is 0 Å². The summed E-state index contributed by atoms with van der Waals surface area (Å²) in [5, 5.41) is 9.60. The molecule has 0 aromatic heterocycles. The molecule has 0 fully saturated rings. The highest BCUT2D eigenvalue weighted by Gasteiger charge is 2.22. The summed E-state index contributed by atoms with van der Waals surface area (Å²) in [5.74, 6) is 0.997. The van der Waals surface area contributed by atoms with Gasteiger partial charge in [0, 0.05) is 18.2 Å². The van der Waals surface area contributed by atoms with Crippen molar-refractivity contribution in [2.45, 2.75) is 26.4 Å². The van der Waals surface area contributed by atoms with Crippen molar-refractivity contribution in [1.82, 2.24) is 0 Å². The van der Waals surface area contributed by atoms with Crippen molar-refractivity contribution >= 4 is 0 Å². The van der Waals surface area contributed by atoms with Crippen LogP contribution >= 0.6 is 0 Å². The van der Waals surface area contributed by atoms with E-state index in [0.29, 0.717) is 13.2 Å². The fourth-order valence-corrected chi connectivity index (χ4v) is 2.54. The molecule has 110 valence electrons. The summed E-state index contributed by atoms with van der Waals surface area (Å²) in [6.07, 6.45) is -0.567. The third kappa shape index (κ3) is 2.73. The second-order valence-electron chi connectivity index (χ2n) is 5.12. The zero-order chi connectivity index (χ0) is 14.8. The molecule has 1 aliphatic heterocycles. The van der Waals surface area contributed by atoms with E-state index in [1.54, 1.807) is 25.3 Å². The Hall–Kier alpha value is -2.04. The highest BCUT2D eigenvalue weighted by atomic mass is 16.7. The molecule has 3 rings (SSSR count). The average Bonchev–Trinajstić information content (AvgIpc) is 2.95. The molecule has 1 N–H and O–H groups in total. The third-order valence-corrected chi connectivity index (χ3v) is 3.64. The van der Waals surface area contributed by atoms with Crippen molar-refractivity contribution in [3.05, 3.63) is 58.7 Å². The number of phenols is 1. The minimum Gasteiger partial charge on any atom is -0.508 e. The van der Waals surface area contributed by atoms with Crippen molar-refractivity contribution in [1.29, 1.82) is 0 Å². The molecule has 2 aromatic rings. The summed E-state index contributed by atoms with van der Waals surface area (Å²) in [7, 11) is 1.59. The molecule has 0 saturated carbocycles. The van der Waals surface area contributed by atoms with Crippen LogP contribution in [-0.2, 0) is 22.7 Å². The number of phenolic OH excluding ortho intramolecular Hbond substituents is 1. The summed E-state index contributed by atoms with van der Waals surface area (Å²) >= 11 is 0. The van der Waals surface area contributed by atoms with Crippen LogP contribution in [0.1, 0.15) is 28.5 Å². The number of aromatic hydroxyl groups is 1. The molecule has 2 aromatic carbocycles. The summed E-state index contributed by atoms with van der Waals surface area (Å²) in [6, 6.07) is 11.0. The molecule has 1 unspecified atom stereocenters. The lowest BCUT2D eigenvalue weighted by Crippen LogP contribution is -2.11. The highest BCUT2D eigenvalue weighted by molar-refractivity contribution is 5.47. The Morgan fingerprint density at radius 2 is 2.05 bits per heavy atom. The number of methoxy groups -OCH3 is 1. The Labute approximate surface area is 123 Å². The van der Waals surface area contributed by atoms with Gasteiger partial charge >= 0.3 is 0 Å². The molecule has 4 nitrogen and oxygen atoms in total. The standard InChI is InChI=1S/C17H18O4/c1-11-6-7-13-9-20-10-15(13)16(11)21-17(19-2)12-4-3-5-14(18)8-12/h3-8,17-18H,9-10H2,1-2H3. The average molecular weight is 286 g/mol. The van der Waals surface area contributed by atoms with Crippen molar-refractivity contribution in [3.8, 4) is 11.5 Å². The summed E-state index contributed by atoms with van der Waals surface area (Å²) in [6.45, 7) is 3.18. The van der Waals surface area contributed by atoms with Crippen molar-refractivity contribution in [2.75, 3.05) is 7.11 Å². The molecule has 4 heteroatoms. The van der Waals surface area contributed by atoms with E-state index in [2.05, 4.69) is 6.07 Å². The quantitative estimate of drug-likeness (QED) is 0.874. The van der Waals surface area contributed by atoms with E-state index in [1.807, 2.05) is 19.1 Å². The van der Waals surface area contributed by atoms with Crippen LogP contribution in [0.15, 0.2) is 36.4 Å². The van der Waals surface area contributed by atoms with Crippen LogP contribution in [0.3, 0.4) is 0 Å². The molecule has 0 saturated heterocycles. The molecule has 0 spiro atoms. The first-order chi connectivity index (χ1) is 10.2. The first-order valence-electron chi connectivity index (χ1n) is 6.86. The van der Waals surface area contributed by atoms with Crippen molar-refractivity contribution in [2.24, 2.45) is 0 Å². The first kappa shape index (κ1) is 13.9. The predicted molar refractivity (Wildman–Crippen MR) is 78.2 cm³/mol. The molecule has 1 aliphatic rings. The van der Waals surface area contributed by atoms with Gasteiger partial charge in [-0.3, -0.25) is 0 Å². The fraction of sp³-hybridized carbons (Fsp3) is 0.294. The minimum atomic E-state index is -0.567. The Morgan fingerprint density at radius 3 is 2.81 bits per heavy atom. The second kappa shape index (κ2) is 5.76. The third-order valence-electron chi connectivity index (χ3n) is 3.64. The normalized spacial score (nSPS) is 14.8. The molecular formula is C17H18O4. The lowest BCUT2D eigenvalue weighted by Gasteiger charge is -2.21. The predicted octanol–water partition coefficient (Wildman–Crippen LogP) is 3.45. The van der Waals surface area contributed by atoms with E-state index in [0.717, 1.165) is 28.0 Å². The van der Waals surface area contributed by atoms with Gasteiger partial charge in [-0.15, -0.1) is 0 Å². The second-order valence-corrected chi connectivity index (χ2v) is 5.12. The van der Waals surface area contributed by atoms with Gasteiger partial charge in [-0.25, -0.2) is 0 Å². The number of aryl methyl sites for hydroxylation is 1. The topological polar surface area (TPSA) is 47.9 Å². The van der Waals surface area contributed by atoms with Crippen LogP contribution in [-0.4, -0.2) is 12.2 Å². The Bertz CT molecular complexity index is 651. The van der Waals surface area contributed by atoms with Crippen LogP contribution < -0.4 is 4.74 Å². The van der Waals surface area contributed by atoms with Gasteiger partial charge in [0.2, 0.25) is 6.29 Å². The zero-order valence-corrected chi connectivity index (χ0v) is 12.1. The Balaban J connectivity index is 1.93. The zero-order valence-electron chi connectivity index (χ0n) is 12.1. The van der Waals surface area contributed by atoms with Crippen LogP contribution in [0.25, 0.3) is 0 Å². The van der Waals surface area contributed by atoms with Crippen LogP contribution in [0.2, 0.25) is 0 Å². The molecule has 0 radical (unpaired) electrons. The Morgan fingerprint density at radius 1 is 1.19 bits per heavy atom. The van der Waals surface area contributed by atoms with E-state index < -0.39 is 6.29 Å².